The predicted octanol–water partition coefficient (Wildman–Crippen LogP) is 8.34. The lowest BCUT2D eigenvalue weighted by Crippen LogP contribution is -2.39. The minimum atomic E-state index is -4.05. The molecule has 1 N–H and O–H groups in total. The van der Waals surface area contributed by atoms with Gasteiger partial charge in [-0.3, -0.25) is 0 Å². The Morgan fingerprint density at radius 1 is 0.922 bits per heavy atom. The first-order valence-corrected chi connectivity index (χ1v) is 18.2. The maximum Gasteiger partial charge on any atom is 0.410 e. The van der Waals surface area contributed by atoms with Gasteiger partial charge in [0.25, 0.3) is 10.0 Å². The number of nitrogens with one attached hydrogen (secondary N) is 1. The van der Waals surface area contributed by atoms with Crippen LogP contribution in [0.1, 0.15) is 43.0 Å². The Morgan fingerprint density at radius 2 is 1.71 bits per heavy atom. The molecule has 1 amide bonds. The number of benzene rings is 3. The zero-order chi connectivity index (χ0) is 35.8. The highest BCUT2D eigenvalue weighted by Gasteiger charge is 2.28. The summed E-state index contributed by atoms with van der Waals surface area (Å²) in [7, 11) is -4.05. The molecule has 51 heavy (non-hydrogen) atoms. The van der Waals surface area contributed by atoms with Crippen LogP contribution in [0.15, 0.2) is 114 Å². The van der Waals surface area contributed by atoms with Gasteiger partial charge in [0.05, 0.1) is 16.0 Å². The number of fused-ring (bicyclic) bond motifs is 2. The van der Waals surface area contributed by atoms with Crippen LogP contribution >= 0.6 is 0 Å². The summed E-state index contributed by atoms with van der Waals surface area (Å²) in [5.74, 6) is 1.59. The molecule has 7 rings (SSSR count). The number of pyridine rings is 2. The summed E-state index contributed by atoms with van der Waals surface area (Å²) in [4.78, 5) is 24.2. The van der Waals surface area contributed by atoms with E-state index in [4.69, 9.17) is 14.5 Å². The van der Waals surface area contributed by atoms with E-state index in [2.05, 4.69) is 10.3 Å². The molecule has 6 aromatic rings. The van der Waals surface area contributed by atoms with Crippen molar-refractivity contribution >= 4 is 33.0 Å². The van der Waals surface area contributed by atoms with Gasteiger partial charge in [0.1, 0.15) is 22.9 Å². The van der Waals surface area contributed by atoms with Crippen molar-refractivity contribution in [1.82, 2.24) is 18.8 Å². The molecule has 0 saturated heterocycles. The van der Waals surface area contributed by atoms with Crippen molar-refractivity contribution in [2.75, 3.05) is 11.9 Å². The Kier molecular flexibility index (Phi) is 8.99. The van der Waals surface area contributed by atoms with Gasteiger partial charge in [-0.25, -0.2) is 27.2 Å². The molecule has 0 aliphatic carbocycles. The van der Waals surface area contributed by atoms with Crippen molar-refractivity contribution in [3.8, 4) is 22.8 Å². The molecular formula is C40H39N5O5S. The minimum Gasteiger partial charge on any atom is -0.457 e. The minimum absolute atomic E-state index is 0.139. The second-order valence-corrected chi connectivity index (χ2v) is 15.4. The summed E-state index contributed by atoms with van der Waals surface area (Å²) < 4.78 is 41.7. The monoisotopic (exact) mass is 701 g/mol. The SMILES string of the molecule is Cc1ccc(S(=O)(=O)n2cc(-c3cccc(NCc4ccccc4)n3)c3c(Oc4ccc5c(c4)CN(C(=O)OC(C)(C)C)CC5)ccnc32)cc1. The average Bonchev–Trinajstić information content (AvgIpc) is 3.52. The van der Waals surface area contributed by atoms with Gasteiger partial charge in [-0.05, 0) is 93.3 Å². The molecule has 10 nitrogen and oxygen atoms in total. The Labute approximate surface area is 297 Å². The van der Waals surface area contributed by atoms with Crippen LogP contribution in [0.3, 0.4) is 0 Å². The van der Waals surface area contributed by atoms with Crippen LogP contribution in [-0.4, -0.2) is 45.5 Å². The van der Waals surface area contributed by atoms with E-state index in [1.54, 1.807) is 41.4 Å². The third kappa shape index (κ3) is 7.29. The van der Waals surface area contributed by atoms with Gasteiger partial charge in [-0.15, -0.1) is 0 Å². The number of anilines is 1. The second kappa shape index (κ2) is 13.6. The zero-order valence-electron chi connectivity index (χ0n) is 29.0. The number of aryl methyl sites for hydroxylation is 1. The van der Waals surface area contributed by atoms with E-state index < -0.39 is 15.6 Å². The number of carbonyl (C=O) groups excluding carboxylic acids is 1. The first kappa shape index (κ1) is 33.8. The molecule has 0 fully saturated rings. The fraction of sp³-hybridized carbons (Fsp3) is 0.225. The van der Waals surface area contributed by atoms with Gasteiger partial charge >= 0.3 is 6.09 Å². The number of nitrogens with zero attached hydrogens (tertiary/aromatic N) is 4. The van der Waals surface area contributed by atoms with Gasteiger partial charge in [-0.1, -0.05) is 60.2 Å². The van der Waals surface area contributed by atoms with E-state index >= 15 is 0 Å². The highest BCUT2D eigenvalue weighted by Crippen LogP contribution is 2.40. The van der Waals surface area contributed by atoms with E-state index in [1.165, 1.54) is 10.2 Å². The van der Waals surface area contributed by atoms with E-state index in [9.17, 15) is 13.2 Å². The summed E-state index contributed by atoms with van der Waals surface area (Å²) >= 11 is 0. The van der Waals surface area contributed by atoms with Crippen molar-refractivity contribution in [1.29, 1.82) is 0 Å². The molecule has 0 radical (unpaired) electrons. The van der Waals surface area contributed by atoms with Crippen molar-refractivity contribution < 1.29 is 22.7 Å². The van der Waals surface area contributed by atoms with Gasteiger partial charge in [0.15, 0.2) is 5.65 Å². The number of hydrogen-bond acceptors (Lipinski definition) is 8. The largest absolute Gasteiger partial charge is 0.457 e. The highest BCUT2D eigenvalue weighted by molar-refractivity contribution is 7.90. The van der Waals surface area contributed by atoms with Crippen LogP contribution in [0.25, 0.3) is 22.3 Å². The third-order valence-electron chi connectivity index (χ3n) is 8.61. The van der Waals surface area contributed by atoms with Crippen molar-refractivity contribution in [2.45, 2.75) is 57.7 Å². The van der Waals surface area contributed by atoms with Gasteiger partial charge in [0, 0.05) is 37.6 Å². The summed E-state index contributed by atoms with van der Waals surface area (Å²) in [5, 5.41) is 3.87. The van der Waals surface area contributed by atoms with Crippen LogP contribution in [0, 0.1) is 6.92 Å². The summed E-state index contributed by atoms with van der Waals surface area (Å²) in [6.07, 6.45) is 3.44. The second-order valence-electron chi connectivity index (χ2n) is 13.6. The standard InChI is InChI=1S/C40H39N5O5S/c1-27-13-17-32(18-14-27)51(47,48)45-26-33(34-11-8-12-36(43-34)42-24-28-9-6-5-7-10-28)37-35(19-21-41-38(37)45)49-31-16-15-29-20-22-44(25-30(29)23-31)39(46)50-40(2,3)4/h5-19,21,23,26H,20,22,24-25H2,1-4H3,(H,42,43). The number of rotatable bonds is 8. The van der Waals surface area contributed by atoms with Crippen molar-refractivity contribution in [3.63, 3.8) is 0 Å². The average molecular weight is 702 g/mol. The molecule has 3 aromatic carbocycles. The quantitative estimate of drug-likeness (QED) is 0.168. The summed E-state index contributed by atoms with van der Waals surface area (Å²) in [5.41, 5.74) is 4.84. The first-order valence-electron chi connectivity index (χ1n) is 16.8. The molecule has 11 heteroatoms. The first-order chi connectivity index (χ1) is 24.4. The van der Waals surface area contributed by atoms with Gasteiger partial charge in [-0.2, -0.15) is 0 Å². The smallest absolute Gasteiger partial charge is 0.410 e. The Hall–Kier alpha value is -5.68. The fourth-order valence-corrected chi connectivity index (χ4v) is 7.38. The molecule has 0 atom stereocenters. The van der Waals surface area contributed by atoms with E-state index in [0.717, 1.165) is 22.3 Å². The number of ether oxygens (including phenoxy) is 2. The summed E-state index contributed by atoms with van der Waals surface area (Å²) in [6.45, 7) is 8.98. The lowest BCUT2D eigenvalue weighted by Gasteiger charge is -2.31. The van der Waals surface area contributed by atoms with Crippen LogP contribution in [-0.2, 0) is 34.3 Å². The molecule has 1 aliphatic heterocycles. The van der Waals surface area contributed by atoms with Gasteiger partial charge in [0.2, 0.25) is 0 Å². The highest BCUT2D eigenvalue weighted by atomic mass is 32.2. The molecule has 0 unspecified atom stereocenters. The lowest BCUT2D eigenvalue weighted by atomic mass is 10.00. The molecule has 260 valence electrons. The lowest BCUT2D eigenvalue weighted by molar-refractivity contribution is 0.0223. The summed E-state index contributed by atoms with van der Waals surface area (Å²) in [6, 6.07) is 29.9. The molecule has 4 heterocycles. The van der Waals surface area contributed by atoms with Crippen molar-refractivity contribution in [3.05, 3.63) is 132 Å². The number of aromatic nitrogens is 3. The molecular weight excluding hydrogens is 663 g/mol. The molecule has 0 saturated carbocycles. The Balaban J connectivity index is 1.28. The van der Waals surface area contributed by atoms with Gasteiger partial charge < -0.3 is 19.7 Å². The van der Waals surface area contributed by atoms with E-state index in [0.29, 0.717) is 60.0 Å². The molecule has 1 aliphatic rings. The number of amides is 1. The van der Waals surface area contributed by atoms with Crippen LogP contribution in [0.4, 0.5) is 10.6 Å². The van der Waals surface area contributed by atoms with Crippen LogP contribution in [0.2, 0.25) is 0 Å². The zero-order valence-corrected chi connectivity index (χ0v) is 29.8. The maximum absolute atomic E-state index is 14.1. The molecule has 0 bridgehead atoms. The third-order valence-corrected chi connectivity index (χ3v) is 10.3. The predicted molar refractivity (Wildman–Crippen MR) is 197 cm³/mol. The van der Waals surface area contributed by atoms with Crippen molar-refractivity contribution in [2.24, 2.45) is 0 Å². The van der Waals surface area contributed by atoms with E-state index in [1.807, 2.05) is 94.4 Å². The molecule has 0 spiro atoms. The maximum atomic E-state index is 14.1. The Bertz CT molecular complexity index is 2330. The van der Waals surface area contributed by atoms with Crippen LogP contribution < -0.4 is 10.1 Å². The number of hydrogen-bond donors (Lipinski definition) is 1. The Morgan fingerprint density at radius 3 is 2.47 bits per heavy atom. The topological polar surface area (TPSA) is 116 Å². The fourth-order valence-electron chi connectivity index (χ4n) is 6.06. The normalized spacial score (nSPS) is 13.1. The number of carbonyl (C=O) groups is 1. The van der Waals surface area contributed by atoms with Crippen LogP contribution in [0.5, 0.6) is 11.5 Å². The van der Waals surface area contributed by atoms with E-state index in [-0.39, 0.29) is 16.6 Å². The molecule has 3 aromatic heterocycles.